The normalized spacial score (nSPS) is 16.5. The number of aliphatic carboxylic acids is 1. The van der Waals surface area contributed by atoms with E-state index in [2.05, 4.69) is 29.7 Å². The van der Waals surface area contributed by atoms with Crippen molar-refractivity contribution in [3.05, 3.63) is 47.7 Å². The number of rotatable bonds is 19. The maximum Gasteiger partial charge on any atom is 0.351 e. The number of benzene rings is 1. The number of carbonyl (C=O) groups excluding carboxylic acids is 2. The van der Waals surface area contributed by atoms with Crippen LogP contribution in [0.4, 0.5) is 5.13 Å². The second-order valence-corrected chi connectivity index (χ2v) is 13.5. The SMILES string of the molecule is C[n+]1cc(-c2ccc(OC[C@H](O/N=C(/C(=O)NC3C(=O)N(OS(=O)(=O)[O-])C3(C)C)c3csc(N)n3)C(=O)O)cc2)cn1CCCNCCCN. The van der Waals surface area contributed by atoms with Gasteiger partial charge in [0.15, 0.2) is 17.9 Å². The fourth-order valence-corrected chi connectivity index (χ4v) is 5.84. The van der Waals surface area contributed by atoms with Crippen LogP contribution < -0.4 is 31.5 Å². The van der Waals surface area contributed by atoms with Gasteiger partial charge < -0.3 is 41.3 Å². The van der Waals surface area contributed by atoms with E-state index in [1.807, 2.05) is 36.3 Å². The zero-order valence-electron chi connectivity index (χ0n) is 27.5. The summed E-state index contributed by atoms with van der Waals surface area (Å²) in [4.78, 5) is 46.9. The molecule has 3 heterocycles. The minimum Gasteiger partial charge on any atom is -0.724 e. The number of nitrogen functional groups attached to an aromatic ring is 1. The first-order valence-electron chi connectivity index (χ1n) is 15.3. The van der Waals surface area contributed by atoms with Crippen molar-refractivity contribution in [2.45, 2.75) is 50.9 Å². The van der Waals surface area contributed by atoms with E-state index in [0.717, 1.165) is 54.9 Å². The van der Waals surface area contributed by atoms with Gasteiger partial charge in [-0.25, -0.2) is 18.2 Å². The van der Waals surface area contributed by atoms with Gasteiger partial charge in [0, 0.05) is 5.38 Å². The second-order valence-electron chi connectivity index (χ2n) is 11.7. The Hall–Kier alpha value is -4.67. The Kier molecular flexibility index (Phi) is 12.5. The van der Waals surface area contributed by atoms with Gasteiger partial charge in [0.05, 0.1) is 23.8 Å². The molecule has 1 saturated heterocycles. The van der Waals surface area contributed by atoms with Gasteiger partial charge in [-0.3, -0.25) is 9.59 Å². The van der Waals surface area contributed by atoms with Gasteiger partial charge >= 0.3 is 5.97 Å². The summed E-state index contributed by atoms with van der Waals surface area (Å²) >= 11 is 0.956. The van der Waals surface area contributed by atoms with Crippen LogP contribution in [0.5, 0.6) is 5.75 Å². The molecule has 1 aromatic carbocycles. The maximum atomic E-state index is 13.2. The molecule has 1 aliphatic rings. The fraction of sp³-hybridized carbons (Fsp3) is 0.448. The monoisotopic (exact) mass is 737 g/mol. The Morgan fingerprint density at radius 1 is 1.22 bits per heavy atom. The Morgan fingerprint density at radius 3 is 2.52 bits per heavy atom. The van der Waals surface area contributed by atoms with Crippen LogP contribution in [0.25, 0.3) is 11.1 Å². The lowest BCUT2D eigenvalue weighted by atomic mass is 9.84. The molecule has 0 radical (unpaired) electrons. The van der Waals surface area contributed by atoms with E-state index < -0.39 is 58.2 Å². The molecule has 1 unspecified atom stereocenters. The van der Waals surface area contributed by atoms with Gasteiger partial charge in [-0.05, 0) is 64.0 Å². The predicted octanol–water partition coefficient (Wildman–Crippen LogP) is -0.903. The third-order valence-corrected chi connectivity index (χ3v) is 8.56. The van der Waals surface area contributed by atoms with Crippen molar-refractivity contribution in [1.29, 1.82) is 0 Å². The summed E-state index contributed by atoms with van der Waals surface area (Å²) in [6.07, 6.45) is 4.24. The molecule has 0 spiro atoms. The van der Waals surface area contributed by atoms with Crippen molar-refractivity contribution in [2.75, 3.05) is 32.0 Å². The van der Waals surface area contributed by atoms with Crippen LogP contribution in [-0.2, 0) is 47.5 Å². The first kappa shape index (κ1) is 38.1. The average molecular weight is 738 g/mol. The van der Waals surface area contributed by atoms with Crippen molar-refractivity contribution in [3.8, 4) is 16.9 Å². The van der Waals surface area contributed by atoms with Crippen LogP contribution in [0.1, 0.15) is 32.4 Å². The summed E-state index contributed by atoms with van der Waals surface area (Å²) in [5, 5.41) is 20.9. The number of aromatic nitrogens is 3. The smallest absolute Gasteiger partial charge is 0.351 e. The Labute approximate surface area is 291 Å². The highest BCUT2D eigenvalue weighted by Gasteiger charge is 2.57. The number of thiazole rings is 1. The number of amides is 2. The molecule has 1 aliphatic heterocycles. The molecule has 50 heavy (non-hydrogen) atoms. The number of carboxylic acid groups (broad SMARTS) is 1. The highest BCUT2D eigenvalue weighted by Crippen LogP contribution is 2.33. The standard InChI is InChI=1S/C29H39N9O10S2/c1-29(2)24(26(40)38(29)48-50(43,44)45)34-25(39)23(21-17-49-28(31)33-21)35-47-22(27(41)42)16-46-20-8-6-18(7-9-20)19-14-36(3)37(15-19)13-5-12-32-11-4-10-30/h6-9,14-15,17,22,24,32H,4-5,10-13,16,30H2,1-3H3,(H4-,31,33,34,39,41,42,43,44,45)/b35-23+/t22-,24?/m0/s1. The zero-order chi connectivity index (χ0) is 36.6. The number of hydrogen-bond donors (Lipinski definition) is 5. The highest BCUT2D eigenvalue weighted by molar-refractivity contribution is 7.80. The number of carboxylic acids is 1. The Bertz CT molecular complexity index is 1810. The summed E-state index contributed by atoms with van der Waals surface area (Å²) < 4.78 is 46.9. The summed E-state index contributed by atoms with van der Waals surface area (Å²) in [5.41, 5.74) is 11.0. The van der Waals surface area contributed by atoms with Crippen molar-refractivity contribution in [1.82, 2.24) is 25.4 Å². The molecular formula is C29H39N9O10S2. The van der Waals surface area contributed by atoms with E-state index in [-0.39, 0.29) is 10.8 Å². The van der Waals surface area contributed by atoms with E-state index in [0.29, 0.717) is 17.4 Å². The lowest BCUT2D eigenvalue weighted by molar-refractivity contribution is -0.753. The average Bonchev–Trinajstić information content (AvgIpc) is 3.66. The fourth-order valence-electron chi connectivity index (χ4n) is 4.85. The van der Waals surface area contributed by atoms with Crippen LogP contribution >= 0.6 is 11.3 Å². The topological polar surface area (TPSA) is 270 Å². The van der Waals surface area contributed by atoms with Gasteiger partial charge in [-0.15, -0.1) is 16.0 Å². The molecule has 0 aliphatic carbocycles. The molecule has 3 aromatic rings. The largest absolute Gasteiger partial charge is 0.724 e. The minimum atomic E-state index is -5.27. The summed E-state index contributed by atoms with van der Waals surface area (Å²) in [7, 11) is -3.31. The molecule has 2 amide bonds. The molecule has 272 valence electrons. The van der Waals surface area contributed by atoms with Crippen LogP contribution in [-0.4, -0.2) is 100 Å². The number of nitrogens with zero attached hydrogens (tertiary/aromatic N) is 5. The first-order valence-corrected chi connectivity index (χ1v) is 17.5. The van der Waals surface area contributed by atoms with Gasteiger partial charge in [0.25, 0.3) is 17.9 Å². The van der Waals surface area contributed by atoms with Gasteiger partial charge in [-0.1, -0.05) is 17.3 Å². The van der Waals surface area contributed by atoms with E-state index >= 15 is 0 Å². The lowest BCUT2D eigenvalue weighted by Gasteiger charge is -2.51. The molecule has 0 saturated carbocycles. The second kappa shape index (κ2) is 16.4. The zero-order valence-corrected chi connectivity index (χ0v) is 29.1. The van der Waals surface area contributed by atoms with Crippen molar-refractivity contribution in [2.24, 2.45) is 17.9 Å². The van der Waals surface area contributed by atoms with Gasteiger partial charge in [-0.2, -0.15) is 14.0 Å². The number of aryl methyl sites for hydroxylation is 2. The van der Waals surface area contributed by atoms with Crippen LogP contribution in [0.15, 0.2) is 47.2 Å². The summed E-state index contributed by atoms with van der Waals surface area (Å²) in [6, 6.07) is 5.66. The van der Waals surface area contributed by atoms with Crippen LogP contribution in [0, 0.1) is 0 Å². The number of β-lactam (4-membered cyclic amide) rings is 1. The highest BCUT2D eigenvalue weighted by atomic mass is 32.3. The number of anilines is 1. The Morgan fingerprint density at radius 2 is 1.92 bits per heavy atom. The van der Waals surface area contributed by atoms with Crippen molar-refractivity contribution >= 4 is 50.4 Å². The molecule has 19 nitrogen and oxygen atoms in total. The van der Waals surface area contributed by atoms with E-state index in [9.17, 15) is 32.5 Å². The predicted molar refractivity (Wildman–Crippen MR) is 177 cm³/mol. The molecule has 2 atom stereocenters. The van der Waals surface area contributed by atoms with Crippen LogP contribution in [0.2, 0.25) is 0 Å². The molecule has 21 heteroatoms. The van der Waals surface area contributed by atoms with E-state index in [1.165, 1.54) is 19.2 Å². The molecule has 1 fully saturated rings. The van der Waals surface area contributed by atoms with Gasteiger partial charge in [0.2, 0.25) is 16.6 Å². The third-order valence-electron chi connectivity index (χ3n) is 7.55. The molecule has 4 rings (SSSR count). The molecular weight excluding hydrogens is 699 g/mol. The van der Waals surface area contributed by atoms with Crippen LogP contribution in [0.3, 0.4) is 0 Å². The third kappa shape index (κ3) is 9.73. The van der Waals surface area contributed by atoms with Crippen molar-refractivity contribution in [3.63, 3.8) is 0 Å². The number of nitrogens with one attached hydrogen (secondary N) is 2. The number of carbonyl (C=O) groups is 3. The van der Waals surface area contributed by atoms with E-state index in [1.54, 1.807) is 12.1 Å². The van der Waals surface area contributed by atoms with E-state index in [4.69, 9.17) is 21.0 Å². The number of hydroxylamine groups is 2. The lowest BCUT2D eigenvalue weighted by Crippen LogP contribution is -2.76. The summed E-state index contributed by atoms with van der Waals surface area (Å²) in [6.45, 7) is 5.44. The summed E-state index contributed by atoms with van der Waals surface area (Å²) in [5.74, 6) is -3.16. The number of hydrogen-bond acceptors (Lipinski definition) is 15. The quantitative estimate of drug-likeness (QED) is 0.0190. The van der Waals surface area contributed by atoms with Crippen molar-refractivity contribution < 1.29 is 51.0 Å². The molecule has 0 bridgehead atoms. The van der Waals surface area contributed by atoms with Gasteiger partial charge in [0.1, 0.15) is 24.1 Å². The Balaban J connectivity index is 1.39. The first-order chi connectivity index (χ1) is 23.6. The number of oxime groups is 1. The molecule has 7 N–H and O–H groups in total. The number of ether oxygens (including phenoxy) is 1. The maximum absolute atomic E-state index is 13.2. The minimum absolute atomic E-state index is 0.0546. The number of nitrogens with two attached hydrogens (primary N) is 2. The molecule has 2 aromatic heterocycles.